The molecule has 0 aliphatic rings. The van der Waals surface area contributed by atoms with Gasteiger partial charge in [0, 0.05) is 11.0 Å². The predicted molar refractivity (Wildman–Crippen MR) is 54.9 cm³/mol. The zero-order valence-corrected chi connectivity index (χ0v) is 9.00. The highest BCUT2D eigenvalue weighted by Gasteiger charge is 2.18. The third-order valence-corrected chi connectivity index (χ3v) is 1.99. The minimum absolute atomic E-state index is 0.211. The van der Waals surface area contributed by atoms with E-state index in [4.69, 9.17) is 5.11 Å². The summed E-state index contributed by atoms with van der Waals surface area (Å²) in [6.45, 7) is 5.83. The third kappa shape index (κ3) is 2.90. The Balaban J connectivity index is 3.17. The number of aliphatic carboxylic acids is 1. The van der Waals surface area contributed by atoms with E-state index in [0.29, 0.717) is 5.69 Å². The number of rotatable bonds is 2. The Kier molecular flexibility index (Phi) is 2.93. The molecule has 5 heteroatoms. The van der Waals surface area contributed by atoms with Crippen LogP contribution in [0.2, 0.25) is 0 Å². The molecule has 0 saturated carbocycles. The molecule has 0 spiro atoms. The van der Waals surface area contributed by atoms with Crippen LogP contribution >= 0.6 is 0 Å². The first kappa shape index (κ1) is 11.4. The van der Waals surface area contributed by atoms with Crippen molar-refractivity contribution in [1.82, 2.24) is 10.2 Å². The summed E-state index contributed by atoms with van der Waals surface area (Å²) < 4.78 is 0. The van der Waals surface area contributed by atoms with Gasteiger partial charge in [0.25, 0.3) is 5.56 Å². The Morgan fingerprint density at radius 2 is 2.13 bits per heavy atom. The summed E-state index contributed by atoms with van der Waals surface area (Å²) in [6.07, 6.45) is -0.277. The molecule has 0 atom stereocenters. The number of carboxylic acid groups (broad SMARTS) is 1. The number of H-pyrrole nitrogens is 1. The van der Waals surface area contributed by atoms with Gasteiger partial charge in [0.05, 0.1) is 12.1 Å². The molecule has 1 aromatic rings. The highest BCUT2D eigenvalue weighted by atomic mass is 16.4. The predicted octanol–water partition coefficient (Wildman–Crippen LogP) is 0.694. The van der Waals surface area contributed by atoms with Crippen molar-refractivity contribution in [3.05, 3.63) is 27.7 Å². The topological polar surface area (TPSA) is 83.0 Å². The monoisotopic (exact) mass is 210 g/mol. The molecule has 0 bridgehead atoms. The van der Waals surface area contributed by atoms with E-state index >= 15 is 0 Å². The van der Waals surface area contributed by atoms with Crippen LogP contribution in [0.15, 0.2) is 10.9 Å². The first-order valence-corrected chi connectivity index (χ1v) is 4.61. The molecule has 1 rings (SSSR count). The van der Waals surface area contributed by atoms with E-state index in [-0.39, 0.29) is 17.4 Å². The molecule has 0 saturated heterocycles. The van der Waals surface area contributed by atoms with E-state index in [0.717, 1.165) is 0 Å². The van der Waals surface area contributed by atoms with Gasteiger partial charge in [-0.1, -0.05) is 20.8 Å². The average Bonchev–Trinajstić information content (AvgIpc) is 2.06. The number of aromatic amines is 1. The molecule has 0 amide bonds. The maximum atomic E-state index is 11.3. The molecule has 1 heterocycles. The molecule has 82 valence electrons. The fraction of sp³-hybridized carbons (Fsp3) is 0.500. The van der Waals surface area contributed by atoms with E-state index < -0.39 is 11.5 Å². The number of carboxylic acids is 1. The Morgan fingerprint density at radius 1 is 1.53 bits per heavy atom. The minimum atomic E-state index is -1.02. The first-order chi connectivity index (χ1) is 6.80. The molecule has 0 aromatic carbocycles. The minimum Gasteiger partial charge on any atom is -0.481 e. The van der Waals surface area contributed by atoms with Crippen LogP contribution in [0, 0.1) is 0 Å². The lowest BCUT2D eigenvalue weighted by Crippen LogP contribution is -2.23. The molecule has 0 aliphatic heterocycles. The van der Waals surface area contributed by atoms with E-state index in [1.165, 1.54) is 0 Å². The third-order valence-electron chi connectivity index (χ3n) is 1.99. The normalized spacial score (nSPS) is 11.4. The summed E-state index contributed by atoms with van der Waals surface area (Å²) in [6, 6.07) is 1.55. The highest BCUT2D eigenvalue weighted by Crippen LogP contribution is 2.18. The summed E-state index contributed by atoms with van der Waals surface area (Å²) >= 11 is 0. The number of hydrogen-bond donors (Lipinski definition) is 2. The molecule has 1 aromatic heterocycles. The maximum Gasteiger partial charge on any atom is 0.308 e. The molecular formula is C10H14N2O3. The van der Waals surface area contributed by atoms with Gasteiger partial charge in [-0.3, -0.25) is 9.59 Å². The zero-order valence-electron chi connectivity index (χ0n) is 9.00. The quantitative estimate of drug-likeness (QED) is 0.752. The second-order valence-corrected chi connectivity index (χ2v) is 4.43. The van der Waals surface area contributed by atoms with Gasteiger partial charge >= 0.3 is 5.97 Å². The number of nitrogens with zero attached hydrogens (tertiary/aromatic N) is 1. The van der Waals surface area contributed by atoms with Crippen molar-refractivity contribution >= 4 is 5.97 Å². The average molecular weight is 210 g/mol. The lowest BCUT2D eigenvalue weighted by atomic mass is 9.91. The molecular weight excluding hydrogens is 196 g/mol. The fourth-order valence-corrected chi connectivity index (χ4v) is 1.12. The summed E-state index contributed by atoms with van der Waals surface area (Å²) in [7, 11) is 0. The molecule has 0 aliphatic carbocycles. The zero-order chi connectivity index (χ0) is 11.6. The van der Waals surface area contributed by atoms with Crippen LogP contribution in [0.4, 0.5) is 0 Å². The summed E-state index contributed by atoms with van der Waals surface area (Å²) in [5.41, 5.74) is 0.267. The second-order valence-electron chi connectivity index (χ2n) is 4.43. The molecule has 2 N–H and O–H groups in total. The van der Waals surface area contributed by atoms with Gasteiger partial charge in [-0.05, 0) is 6.07 Å². The molecule has 0 unspecified atom stereocenters. The van der Waals surface area contributed by atoms with Crippen molar-refractivity contribution in [1.29, 1.82) is 0 Å². The number of aromatic nitrogens is 2. The van der Waals surface area contributed by atoms with Crippen molar-refractivity contribution in [2.45, 2.75) is 32.6 Å². The van der Waals surface area contributed by atoms with Crippen molar-refractivity contribution < 1.29 is 9.90 Å². The van der Waals surface area contributed by atoms with Crippen LogP contribution in [0.5, 0.6) is 0 Å². The van der Waals surface area contributed by atoms with Crippen LogP contribution in [0.3, 0.4) is 0 Å². The molecule has 5 nitrogen and oxygen atoms in total. The van der Waals surface area contributed by atoms with Crippen molar-refractivity contribution in [3.8, 4) is 0 Å². The van der Waals surface area contributed by atoms with E-state index in [9.17, 15) is 9.59 Å². The van der Waals surface area contributed by atoms with Crippen LogP contribution in [-0.2, 0) is 16.6 Å². The molecule has 15 heavy (non-hydrogen) atoms. The summed E-state index contributed by atoms with van der Waals surface area (Å²) in [4.78, 5) is 21.8. The van der Waals surface area contributed by atoms with Gasteiger partial charge in [-0.25, -0.2) is 5.10 Å². The second kappa shape index (κ2) is 3.84. The van der Waals surface area contributed by atoms with Crippen molar-refractivity contribution in [2.24, 2.45) is 0 Å². The lowest BCUT2D eigenvalue weighted by molar-refractivity contribution is -0.136. The van der Waals surface area contributed by atoms with Gasteiger partial charge in [0.1, 0.15) is 0 Å². The van der Waals surface area contributed by atoms with Gasteiger partial charge in [0.15, 0.2) is 0 Å². The van der Waals surface area contributed by atoms with Crippen LogP contribution < -0.4 is 5.56 Å². The van der Waals surface area contributed by atoms with Gasteiger partial charge in [0.2, 0.25) is 0 Å². The number of hydrogen-bond acceptors (Lipinski definition) is 3. The lowest BCUT2D eigenvalue weighted by Gasteiger charge is -2.17. The van der Waals surface area contributed by atoms with Gasteiger partial charge in [-0.2, -0.15) is 5.10 Å². The smallest absolute Gasteiger partial charge is 0.308 e. The van der Waals surface area contributed by atoms with Crippen molar-refractivity contribution in [3.63, 3.8) is 0 Å². The first-order valence-electron chi connectivity index (χ1n) is 4.61. The van der Waals surface area contributed by atoms with E-state index in [1.807, 2.05) is 20.8 Å². The van der Waals surface area contributed by atoms with Gasteiger partial charge < -0.3 is 5.11 Å². The standard InChI is InChI=1S/C10H14N2O3/c1-10(2,3)7-4-6(5-8(13)14)9(15)12-11-7/h4H,5H2,1-3H3,(H,12,15)(H,13,14). The molecule has 0 radical (unpaired) electrons. The Labute approximate surface area is 87.1 Å². The Bertz CT molecular complexity index is 429. The van der Waals surface area contributed by atoms with Crippen LogP contribution in [-0.4, -0.2) is 21.3 Å². The summed E-state index contributed by atoms with van der Waals surface area (Å²) in [5, 5.41) is 14.8. The highest BCUT2D eigenvalue weighted by molar-refractivity contribution is 5.70. The van der Waals surface area contributed by atoms with Crippen LogP contribution in [0.25, 0.3) is 0 Å². The number of carbonyl (C=O) groups is 1. The van der Waals surface area contributed by atoms with E-state index in [2.05, 4.69) is 10.2 Å². The molecule has 0 fully saturated rings. The van der Waals surface area contributed by atoms with Gasteiger partial charge in [-0.15, -0.1) is 0 Å². The van der Waals surface area contributed by atoms with Crippen molar-refractivity contribution in [2.75, 3.05) is 0 Å². The number of nitrogens with one attached hydrogen (secondary N) is 1. The Morgan fingerprint density at radius 3 is 2.60 bits per heavy atom. The van der Waals surface area contributed by atoms with Crippen LogP contribution in [0.1, 0.15) is 32.0 Å². The Hall–Kier alpha value is -1.65. The van der Waals surface area contributed by atoms with E-state index in [1.54, 1.807) is 6.07 Å². The fourth-order valence-electron chi connectivity index (χ4n) is 1.12. The summed E-state index contributed by atoms with van der Waals surface area (Å²) in [5.74, 6) is -1.02. The SMILES string of the molecule is CC(C)(C)c1cc(CC(=O)O)c(=O)[nH]n1. The largest absolute Gasteiger partial charge is 0.481 e. The maximum absolute atomic E-state index is 11.3.